The maximum atomic E-state index is 11.7. The summed E-state index contributed by atoms with van der Waals surface area (Å²) in [5.74, 6) is 0.876. The average Bonchev–Trinajstić information content (AvgIpc) is 2.33. The second kappa shape index (κ2) is 6.39. The number of anilines is 1. The van der Waals surface area contributed by atoms with Crippen LogP contribution in [0.3, 0.4) is 0 Å². The fraction of sp³-hybridized carbons (Fsp3) is 0.643. The zero-order valence-electron chi connectivity index (χ0n) is 12.9. The van der Waals surface area contributed by atoms with Crippen molar-refractivity contribution < 1.29 is 9.53 Å². The van der Waals surface area contributed by atoms with E-state index in [1.165, 1.54) is 0 Å². The summed E-state index contributed by atoms with van der Waals surface area (Å²) in [5, 5.41) is 3.43. The maximum Gasteiger partial charge on any atom is 0.328 e. The number of carbonyl (C=O) groups is 1. The molecule has 1 heterocycles. The quantitative estimate of drug-likeness (QED) is 0.683. The molecule has 0 saturated heterocycles. The third kappa shape index (κ3) is 4.07. The Bertz CT molecular complexity index is 498. The van der Waals surface area contributed by atoms with Crippen LogP contribution >= 0.6 is 11.6 Å². The Labute approximate surface area is 125 Å². The SMILES string of the molecule is CCOC(=O)C(C)Nc1nc(C(C)(C)C)nc(Cl)c1C. The van der Waals surface area contributed by atoms with Gasteiger partial charge in [-0.25, -0.2) is 14.8 Å². The lowest BCUT2D eigenvalue weighted by molar-refractivity contribution is -0.143. The molecule has 0 aliphatic heterocycles. The van der Waals surface area contributed by atoms with Crippen LogP contribution in [0.4, 0.5) is 5.82 Å². The molecular formula is C14H22ClN3O2. The normalized spacial score (nSPS) is 12.9. The average molecular weight is 300 g/mol. The van der Waals surface area contributed by atoms with Gasteiger partial charge in [0.2, 0.25) is 0 Å². The summed E-state index contributed by atoms with van der Waals surface area (Å²) in [4.78, 5) is 20.4. The number of hydrogen-bond donors (Lipinski definition) is 1. The molecule has 1 atom stereocenters. The van der Waals surface area contributed by atoms with E-state index < -0.39 is 6.04 Å². The molecule has 0 aliphatic carbocycles. The molecule has 112 valence electrons. The molecule has 1 aromatic heterocycles. The number of nitrogens with one attached hydrogen (secondary N) is 1. The molecule has 1 rings (SSSR count). The van der Waals surface area contributed by atoms with Crippen molar-refractivity contribution in [3.05, 3.63) is 16.5 Å². The van der Waals surface area contributed by atoms with E-state index in [1.54, 1.807) is 13.8 Å². The van der Waals surface area contributed by atoms with Gasteiger partial charge in [0.05, 0.1) is 6.61 Å². The number of rotatable bonds is 4. The number of aromatic nitrogens is 2. The summed E-state index contributed by atoms with van der Waals surface area (Å²) in [6.07, 6.45) is 0. The molecule has 0 saturated carbocycles. The smallest absolute Gasteiger partial charge is 0.328 e. The Hall–Kier alpha value is -1.36. The van der Waals surface area contributed by atoms with E-state index in [4.69, 9.17) is 16.3 Å². The Morgan fingerprint density at radius 3 is 2.50 bits per heavy atom. The first kappa shape index (κ1) is 16.7. The number of ether oxygens (including phenoxy) is 1. The summed E-state index contributed by atoms with van der Waals surface area (Å²) in [7, 11) is 0. The summed E-state index contributed by atoms with van der Waals surface area (Å²) >= 11 is 6.14. The van der Waals surface area contributed by atoms with Gasteiger partial charge in [0, 0.05) is 11.0 Å². The molecule has 1 aromatic rings. The van der Waals surface area contributed by atoms with Crippen molar-refractivity contribution in [2.24, 2.45) is 0 Å². The lowest BCUT2D eigenvalue weighted by Crippen LogP contribution is -2.29. The zero-order valence-corrected chi connectivity index (χ0v) is 13.6. The molecule has 0 amide bonds. The number of nitrogens with zero attached hydrogens (tertiary/aromatic N) is 2. The van der Waals surface area contributed by atoms with Crippen LogP contribution in [0.5, 0.6) is 0 Å². The Morgan fingerprint density at radius 1 is 1.40 bits per heavy atom. The lowest BCUT2D eigenvalue weighted by atomic mass is 9.95. The molecule has 5 nitrogen and oxygen atoms in total. The van der Waals surface area contributed by atoms with Gasteiger partial charge in [0.15, 0.2) is 0 Å². The van der Waals surface area contributed by atoms with Gasteiger partial charge >= 0.3 is 5.97 Å². The van der Waals surface area contributed by atoms with Crippen LogP contribution in [0, 0.1) is 6.92 Å². The van der Waals surface area contributed by atoms with Crippen LogP contribution in [-0.4, -0.2) is 28.6 Å². The lowest BCUT2D eigenvalue weighted by Gasteiger charge is -2.21. The fourth-order valence-electron chi connectivity index (χ4n) is 1.50. The van der Waals surface area contributed by atoms with Crippen LogP contribution in [0.25, 0.3) is 0 Å². The van der Waals surface area contributed by atoms with Crippen molar-refractivity contribution in [3.8, 4) is 0 Å². The van der Waals surface area contributed by atoms with Gasteiger partial charge in [0.1, 0.15) is 22.8 Å². The first-order chi connectivity index (χ1) is 9.16. The van der Waals surface area contributed by atoms with Crippen molar-refractivity contribution in [1.29, 1.82) is 0 Å². The molecule has 6 heteroatoms. The third-order valence-corrected chi connectivity index (χ3v) is 3.12. The number of carbonyl (C=O) groups excluding carboxylic acids is 1. The highest BCUT2D eigenvalue weighted by Gasteiger charge is 2.22. The minimum atomic E-state index is -0.493. The summed E-state index contributed by atoms with van der Waals surface area (Å²) in [6, 6.07) is -0.493. The van der Waals surface area contributed by atoms with Crippen LogP contribution in [0.15, 0.2) is 0 Å². The topological polar surface area (TPSA) is 64.1 Å². The predicted octanol–water partition coefficient (Wildman–Crippen LogP) is 3.10. The summed E-state index contributed by atoms with van der Waals surface area (Å²) in [6.45, 7) is 11.7. The Balaban J connectivity index is 3.06. The molecule has 0 bridgehead atoms. The van der Waals surface area contributed by atoms with Gasteiger partial charge in [-0.15, -0.1) is 0 Å². The van der Waals surface area contributed by atoms with Crippen molar-refractivity contribution >= 4 is 23.4 Å². The second-order valence-corrected chi connectivity index (χ2v) is 6.04. The van der Waals surface area contributed by atoms with Gasteiger partial charge in [-0.3, -0.25) is 0 Å². The van der Waals surface area contributed by atoms with Crippen molar-refractivity contribution in [3.63, 3.8) is 0 Å². The molecule has 0 aliphatic rings. The van der Waals surface area contributed by atoms with E-state index in [9.17, 15) is 4.79 Å². The van der Waals surface area contributed by atoms with Crippen molar-refractivity contribution in [2.45, 2.75) is 53.0 Å². The zero-order chi connectivity index (χ0) is 15.5. The first-order valence-electron chi connectivity index (χ1n) is 6.64. The molecule has 0 fully saturated rings. The van der Waals surface area contributed by atoms with Crippen LogP contribution in [0.2, 0.25) is 5.15 Å². The van der Waals surface area contributed by atoms with E-state index in [2.05, 4.69) is 15.3 Å². The Kier molecular flexibility index (Phi) is 5.34. The van der Waals surface area contributed by atoms with Crippen molar-refractivity contribution in [2.75, 3.05) is 11.9 Å². The van der Waals surface area contributed by atoms with Crippen LogP contribution in [-0.2, 0) is 14.9 Å². The predicted molar refractivity (Wildman–Crippen MR) is 80.2 cm³/mol. The van der Waals surface area contributed by atoms with Gasteiger partial charge in [-0.2, -0.15) is 0 Å². The monoisotopic (exact) mass is 299 g/mol. The minimum absolute atomic E-state index is 0.221. The van der Waals surface area contributed by atoms with Gasteiger partial charge in [0.25, 0.3) is 0 Å². The van der Waals surface area contributed by atoms with E-state index in [0.717, 1.165) is 5.56 Å². The van der Waals surface area contributed by atoms with E-state index in [1.807, 2.05) is 27.7 Å². The third-order valence-electron chi connectivity index (χ3n) is 2.75. The minimum Gasteiger partial charge on any atom is -0.464 e. The summed E-state index contributed by atoms with van der Waals surface area (Å²) < 4.78 is 4.97. The highest BCUT2D eigenvalue weighted by atomic mass is 35.5. The van der Waals surface area contributed by atoms with E-state index in [0.29, 0.717) is 23.4 Å². The van der Waals surface area contributed by atoms with Gasteiger partial charge in [-0.05, 0) is 20.8 Å². The number of hydrogen-bond acceptors (Lipinski definition) is 5. The highest BCUT2D eigenvalue weighted by Crippen LogP contribution is 2.26. The molecule has 1 N–H and O–H groups in total. The van der Waals surface area contributed by atoms with Gasteiger partial charge in [-0.1, -0.05) is 32.4 Å². The van der Waals surface area contributed by atoms with E-state index in [-0.39, 0.29) is 11.4 Å². The molecule has 20 heavy (non-hydrogen) atoms. The largest absolute Gasteiger partial charge is 0.464 e. The maximum absolute atomic E-state index is 11.7. The highest BCUT2D eigenvalue weighted by molar-refractivity contribution is 6.30. The summed E-state index contributed by atoms with van der Waals surface area (Å²) in [5.41, 5.74) is 0.497. The first-order valence-corrected chi connectivity index (χ1v) is 7.02. The molecule has 0 radical (unpaired) electrons. The van der Waals surface area contributed by atoms with Crippen molar-refractivity contribution in [1.82, 2.24) is 9.97 Å². The number of halogens is 1. The second-order valence-electron chi connectivity index (χ2n) is 5.68. The Morgan fingerprint density at radius 2 is 2.00 bits per heavy atom. The molecule has 0 aromatic carbocycles. The molecule has 0 spiro atoms. The number of esters is 1. The van der Waals surface area contributed by atoms with E-state index >= 15 is 0 Å². The van der Waals surface area contributed by atoms with Crippen LogP contribution in [0.1, 0.15) is 46.0 Å². The molecule has 1 unspecified atom stereocenters. The fourth-order valence-corrected chi connectivity index (χ4v) is 1.67. The van der Waals surface area contributed by atoms with Gasteiger partial charge < -0.3 is 10.1 Å². The van der Waals surface area contributed by atoms with Crippen LogP contribution < -0.4 is 5.32 Å². The molecular weight excluding hydrogens is 278 g/mol. The standard InChI is InChI=1S/C14H22ClN3O2/c1-7-20-12(19)9(3)16-11-8(2)10(15)17-13(18-11)14(4,5)6/h9H,7H2,1-6H3,(H,16,17,18).